The SMILES string of the molecule is CCCOc1ccc(CCl)c(OC2CCOCC2)c1. The zero-order valence-electron chi connectivity index (χ0n) is 11.4. The predicted octanol–water partition coefficient (Wildman–Crippen LogP) is 3.77. The fourth-order valence-electron chi connectivity index (χ4n) is 2.04. The van der Waals surface area contributed by atoms with Gasteiger partial charge in [0, 0.05) is 24.5 Å². The van der Waals surface area contributed by atoms with Gasteiger partial charge in [0.25, 0.3) is 0 Å². The molecule has 0 saturated carbocycles. The van der Waals surface area contributed by atoms with Crippen molar-refractivity contribution in [2.24, 2.45) is 0 Å². The second-order valence-electron chi connectivity index (χ2n) is 4.68. The van der Waals surface area contributed by atoms with Crippen molar-refractivity contribution in [1.29, 1.82) is 0 Å². The first-order valence-corrected chi connectivity index (χ1v) is 7.43. The number of rotatable bonds is 6. The van der Waals surface area contributed by atoms with Crippen LogP contribution in [0.2, 0.25) is 0 Å². The Labute approximate surface area is 119 Å². The Hall–Kier alpha value is -0.930. The van der Waals surface area contributed by atoms with Crippen LogP contribution in [0.25, 0.3) is 0 Å². The van der Waals surface area contributed by atoms with Gasteiger partial charge in [-0.15, -0.1) is 11.6 Å². The van der Waals surface area contributed by atoms with Crippen LogP contribution >= 0.6 is 11.6 Å². The molecule has 1 aliphatic heterocycles. The summed E-state index contributed by atoms with van der Waals surface area (Å²) in [5.41, 5.74) is 1.01. The van der Waals surface area contributed by atoms with Crippen LogP contribution in [0.3, 0.4) is 0 Å². The molecule has 0 spiro atoms. The van der Waals surface area contributed by atoms with Gasteiger partial charge >= 0.3 is 0 Å². The van der Waals surface area contributed by atoms with Crippen molar-refractivity contribution in [3.05, 3.63) is 23.8 Å². The lowest BCUT2D eigenvalue weighted by atomic mass is 10.1. The molecule has 106 valence electrons. The zero-order chi connectivity index (χ0) is 13.5. The highest BCUT2D eigenvalue weighted by molar-refractivity contribution is 6.17. The molecule has 0 unspecified atom stereocenters. The lowest BCUT2D eigenvalue weighted by Crippen LogP contribution is -2.26. The van der Waals surface area contributed by atoms with Gasteiger partial charge in [-0.2, -0.15) is 0 Å². The maximum atomic E-state index is 6.05. The monoisotopic (exact) mass is 284 g/mol. The van der Waals surface area contributed by atoms with E-state index < -0.39 is 0 Å². The minimum Gasteiger partial charge on any atom is -0.493 e. The molecule has 1 heterocycles. The molecule has 4 heteroatoms. The van der Waals surface area contributed by atoms with Gasteiger partial charge in [0.2, 0.25) is 0 Å². The Morgan fingerprint density at radius 1 is 1.32 bits per heavy atom. The molecular formula is C15H21ClO3. The summed E-state index contributed by atoms with van der Waals surface area (Å²) < 4.78 is 17.0. The van der Waals surface area contributed by atoms with E-state index in [0.29, 0.717) is 5.88 Å². The zero-order valence-corrected chi connectivity index (χ0v) is 12.1. The molecule has 0 amide bonds. The highest BCUT2D eigenvalue weighted by atomic mass is 35.5. The lowest BCUT2D eigenvalue weighted by Gasteiger charge is -2.24. The Balaban J connectivity index is 2.06. The summed E-state index contributed by atoms with van der Waals surface area (Å²) in [5.74, 6) is 2.14. The van der Waals surface area contributed by atoms with Crippen molar-refractivity contribution >= 4 is 11.6 Å². The predicted molar refractivity (Wildman–Crippen MR) is 76.3 cm³/mol. The number of benzene rings is 1. The second kappa shape index (κ2) is 7.61. The number of hydrogen-bond acceptors (Lipinski definition) is 3. The molecule has 1 aromatic carbocycles. The average Bonchev–Trinajstić information content (AvgIpc) is 2.46. The minimum absolute atomic E-state index is 0.220. The van der Waals surface area contributed by atoms with Gasteiger partial charge in [-0.25, -0.2) is 0 Å². The van der Waals surface area contributed by atoms with Gasteiger partial charge in [0.1, 0.15) is 17.6 Å². The van der Waals surface area contributed by atoms with Gasteiger partial charge in [-0.1, -0.05) is 13.0 Å². The van der Waals surface area contributed by atoms with Crippen molar-refractivity contribution in [1.82, 2.24) is 0 Å². The van der Waals surface area contributed by atoms with E-state index in [1.54, 1.807) is 0 Å². The van der Waals surface area contributed by atoms with Gasteiger partial charge in [0.15, 0.2) is 0 Å². The quantitative estimate of drug-likeness (QED) is 0.744. The van der Waals surface area contributed by atoms with Gasteiger partial charge < -0.3 is 14.2 Å². The van der Waals surface area contributed by atoms with Crippen molar-refractivity contribution < 1.29 is 14.2 Å². The lowest BCUT2D eigenvalue weighted by molar-refractivity contribution is 0.0252. The van der Waals surface area contributed by atoms with Crippen LogP contribution < -0.4 is 9.47 Å². The summed E-state index contributed by atoms with van der Waals surface area (Å²) in [6, 6.07) is 5.87. The maximum absolute atomic E-state index is 6.05. The summed E-state index contributed by atoms with van der Waals surface area (Å²) in [6.07, 6.45) is 3.08. The summed E-state index contributed by atoms with van der Waals surface area (Å²) in [4.78, 5) is 0. The third-order valence-electron chi connectivity index (χ3n) is 3.12. The Morgan fingerprint density at radius 3 is 2.79 bits per heavy atom. The molecule has 3 nitrogen and oxygen atoms in total. The van der Waals surface area contributed by atoms with Crippen LogP contribution in [0.15, 0.2) is 18.2 Å². The largest absolute Gasteiger partial charge is 0.493 e. The van der Waals surface area contributed by atoms with Crippen molar-refractivity contribution in [2.45, 2.75) is 38.2 Å². The molecule has 0 aliphatic carbocycles. The molecule has 0 radical (unpaired) electrons. The van der Waals surface area contributed by atoms with Crippen LogP contribution in [0, 0.1) is 0 Å². The first-order valence-electron chi connectivity index (χ1n) is 6.89. The van der Waals surface area contributed by atoms with E-state index in [-0.39, 0.29) is 6.10 Å². The molecule has 1 saturated heterocycles. The molecule has 0 N–H and O–H groups in total. The van der Waals surface area contributed by atoms with E-state index >= 15 is 0 Å². The standard InChI is InChI=1S/C15H21ClO3/c1-2-7-18-14-4-3-12(11-16)15(10-14)19-13-5-8-17-9-6-13/h3-4,10,13H,2,5-9,11H2,1H3. The number of hydrogen-bond donors (Lipinski definition) is 0. The smallest absolute Gasteiger partial charge is 0.127 e. The van der Waals surface area contributed by atoms with Crippen LogP contribution in [0.5, 0.6) is 11.5 Å². The first-order chi connectivity index (χ1) is 9.33. The topological polar surface area (TPSA) is 27.7 Å². The maximum Gasteiger partial charge on any atom is 0.127 e. The molecule has 1 fully saturated rings. The third kappa shape index (κ3) is 4.29. The van der Waals surface area contributed by atoms with Gasteiger partial charge in [-0.05, 0) is 12.5 Å². The second-order valence-corrected chi connectivity index (χ2v) is 4.95. The van der Waals surface area contributed by atoms with Gasteiger partial charge in [-0.3, -0.25) is 0 Å². The number of ether oxygens (including phenoxy) is 3. The molecule has 0 bridgehead atoms. The fourth-order valence-corrected chi connectivity index (χ4v) is 2.26. The Bertz CT molecular complexity index is 389. The van der Waals surface area contributed by atoms with Crippen molar-refractivity contribution in [3.8, 4) is 11.5 Å². The van der Waals surface area contributed by atoms with E-state index in [9.17, 15) is 0 Å². The van der Waals surface area contributed by atoms with Crippen LogP contribution in [-0.4, -0.2) is 25.9 Å². The molecule has 19 heavy (non-hydrogen) atoms. The minimum atomic E-state index is 0.220. The molecule has 0 aromatic heterocycles. The highest BCUT2D eigenvalue weighted by Gasteiger charge is 2.17. The van der Waals surface area contributed by atoms with E-state index in [0.717, 1.165) is 56.1 Å². The van der Waals surface area contributed by atoms with Crippen molar-refractivity contribution in [2.75, 3.05) is 19.8 Å². The number of alkyl halides is 1. The molecule has 1 aliphatic rings. The average molecular weight is 285 g/mol. The normalized spacial score (nSPS) is 16.3. The molecule has 1 aromatic rings. The Kier molecular flexibility index (Phi) is 5.80. The van der Waals surface area contributed by atoms with E-state index in [2.05, 4.69) is 6.92 Å². The summed E-state index contributed by atoms with van der Waals surface area (Å²) in [5, 5.41) is 0. The summed E-state index contributed by atoms with van der Waals surface area (Å²) >= 11 is 5.96. The summed E-state index contributed by atoms with van der Waals surface area (Å²) in [7, 11) is 0. The van der Waals surface area contributed by atoms with E-state index in [1.165, 1.54) is 0 Å². The van der Waals surface area contributed by atoms with Crippen LogP contribution in [-0.2, 0) is 10.6 Å². The first kappa shape index (κ1) is 14.5. The third-order valence-corrected chi connectivity index (χ3v) is 3.41. The molecule has 0 atom stereocenters. The van der Waals surface area contributed by atoms with Gasteiger partial charge in [0.05, 0.1) is 25.7 Å². The van der Waals surface area contributed by atoms with E-state index in [1.807, 2.05) is 18.2 Å². The Morgan fingerprint density at radius 2 is 2.11 bits per heavy atom. The summed E-state index contributed by atoms with van der Waals surface area (Å²) in [6.45, 7) is 4.35. The highest BCUT2D eigenvalue weighted by Crippen LogP contribution is 2.28. The van der Waals surface area contributed by atoms with Crippen LogP contribution in [0.1, 0.15) is 31.7 Å². The molecule has 2 rings (SSSR count). The number of halogens is 1. The molecular weight excluding hydrogens is 264 g/mol. The van der Waals surface area contributed by atoms with Crippen molar-refractivity contribution in [3.63, 3.8) is 0 Å². The van der Waals surface area contributed by atoms with Crippen LogP contribution in [0.4, 0.5) is 0 Å². The fraction of sp³-hybridized carbons (Fsp3) is 0.600. The van der Waals surface area contributed by atoms with E-state index in [4.69, 9.17) is 25.8 Å².